The van der Waals surface area contributed by atoms with Gasteiger partial charge in [-0.3, -0.25) is 4.98 Å². The monoisotopic (exact) mass is 264 g/mol. The molecule has 0 spiro atoms. The van der Waals surface area contributed by atoms with Crippen LogP contribution >= 0.6 is 0 Å². The first kappa shape index (κ1) is 12.9. The van der Waals surface area contributed by atoms with Gasteiger partial charge >= 0.3 is 5.97 Å². The summed E-state index contributed by atoms with van der Waals surface area (Å²) in [7, 11) is 0. The molecule has 6 heteroatoms. The first-order valence-electron chi connectivity index (χ1n) is 5.39. The highest BCUT2D eigenvalue weighted by Gasteiger charge is 2.15. The van der Waals surface area contributed by atoms with Gasteiger partial charge in [0.15, 0.2) is 5.82 Å². The Labute approximate surface area is 107 Å². The summed E-state index contributed by atoms with van der Waals surface area (Å²) in [6, 6.07) is 3.76. The molecule has 0 aliphatic rings. The first-order chi connectivity index (χ1) is 9.00. The van der Waals surface area contributed by atoms with Gasteiger partial charge in [0.1, 0.15) is 17.1 Å². The number of aromatic carboxylic acids is 1. The third kappa shape index (κ3) is 2.52. The fourth-order valence-electron chi connectivity index (χ4n) is 1.58. The van der Waals surface area contributed by atoms with Gasteiger partial charge in [0.25, 0.3) is 0 Å². The summed E-state index contributed by atoms with van der Waals surface area (Å²) >= 11 is 0. The van der Waals surface area contributed by atoms with Crippen LogP contribution in [0.3, 0.4) is 0 Å². The van der Waals surface area contributed by atoms with Crippen molar-refractivity contribution in [1.82, 2.24) is 4.98 Å². The predicted molar refractivity (Wildman–Crippen MR) is 65.6 cm³/mol. The Bertz CT molecular complexity index is 645. The minimum atomic E-state index is -1.23. The Morgan fingerprint density at radius 3 is 2.74 bits per heavy atom. The van der Waals surface area contributed by atoms with E-state index in [4.69, 9.17) is 5.11 Å². The zero-order valence-corrected chi connectivity index (χ0v) is 9.95. The number of nitrogens with one attached hydrogen (secondary N) is 1. The molecular weight excluding hydrogens is 254 g/mol. The quantitative estimate of drug-likeness (QED) is 0.894. The molecule has 0 aliphatic heterocycles. The SMILES string of the molecule is Cc1ccc(F)c(Nc2ccncc2C(=O)O)c1F. The number of nitrogens with zero attached hydrogens (tertiary/aromatic N) is 1. The van der Waals surface area contributed by atoms with Crippen LogP contribution in [-0.4, -0.2) is 16.1 Å². The standard InChI is InChI=1S/C13H10F2N2O2/c1-7-2-3-9(14)12(11(7)15)17-10-4-5-16-6-8(10)13(18)19/h2-6H,1H3,(H,16,17)(H,18,19). The molecule has 19 heavy (non-hydrogen) atoms. The van der Waals surface area contributed by atoms with Crippen LogP contribution in [0.25, 0.3) is 0 Å². The summed E-state index contributed by atoms with van der Waals surface area (Å²) < 4.78 is 27.4. The molecule has 2 rings (SSSR count). The van der Waals surface area contributed by atoms with E-state index in [-0.39, 0.29) is 22.5 Å². The fraction of sp³-hybridized carbons (Fsp3) is 0.0769. The molecule has 0 radical (unpaired) electrons. The molecule has 98 valence electrons. The number of rotatable bonds is 3. The molecule has 2 N–H and O–H groups in total. The third-order valence-electron chi connectivity index (χ3n) is 2.60. The summed E-state index contributed by atoms with van der Waals surface area (Å²) in [6.45, 7) is 1.49. The van der Waals surface area contributed by atoms with Gasteiger partial charge in [0.2, 0.25) is 0 Å². The highest BCUT2D eigenvalue weighted by molar-refractivity contribution is 5.94. The summed E-state index contributed by atoms with van der Waals surface area (Å²) in [6.07, 6.45) is 2.44. The van der Waals surface area contributed by atoms with E-state index < -0.39 is 17.6 Å². The Morgan fingerprint density at radius 1 is 1.32 bits per heavy atom. The minimum absolute atomic E-state index is 0.0749. The molecule has 0 saturated carbocycles. The maximum absolute atomic E-state index is 13.8. The summed E-state index contributed by atoms with van der Waals surface area (Å²) in [5.41, 5.74) is -0.211. The van der Waals surface area contributed by atoms with Gasteiger partial charge < -0.3 is 10.4 Å². The molecule has 0 atom stereocenters. The first-order valence-corrected chi connectivity index (χ1v) is 5.39. The van der Waals surface area contributed by atoms with E-state index >= 15 is 0 Å². The number of pyridine rings is 1. The zero-order chi connectivity index (χ0) is 14.0. The molecule has 4 nitrogen and oxygen atoms in total. The molecule has 1 heterocycles. The van der Waals surface area contributed by atoms with Gasteiger partial charge in [-0.05, 0) is 24.6 Å². The number of hydrogen-bond acceptors (Lipinski definition) is 3. The van der Waals surface area contributed by atoms with E-state index in [2.05, 4.69) is 10.3 Å². The Kier molecular flexibility index (Phi) is 3.41. The topological polar surface area (TPSA) is 62.2 Å². The number of aryl methyl sites for hydroxylation is 1. The number of aromatic nitrogens is 1. The van der Waals surface area contributed by atoms with Crippen LogP contribution in [0.15, 0.2) is 30.6 Å². The van der Waals surface area contributed by atoms with Crippen molar-refractivity contribution in [3.8, 4) is 0 Å². The van der Waals surface area contributed by atoms with Crippen LogP contribution < -0.4 is 5.32 Å². The molecule has 0 saturated heterocycles. The van der Waals surface area contributed by atoms with Gasteiger partial charge in [-0.25, -0.2) is 13.6 Å². The fourth-order valence-corrected chi connectivity index (χ4v) is 1.58. The van der Waals surface area contributed by atoms with E-state index in [1.807, 2.05) is 0 Å². The number of carbonyl (C=O) groups is 1. The van der Waals surface area contributed by atoms with E-state index in [1.54, 1.807) is 0 Å². The Hall–Kier alpha value is -2.50. The van der Waals surface area contributed by atoms with Crippen LogP contribution in [0.2, 0.25) is 0 Å². The van der Waals surface area contributed by atoms with Crippen LogP contribution in [-0.2, 0) is 0 Å². The average molecular weight is 264 g/mol. The molecule has 2 aromatic rings. The molecule has 0 aliphatic carbocycles. The molecule has 0 bridgehead atoms. The summed E-state index contributed by atoms with van der Waals surface area (Å²) in [5, 5.41) is 11.4. The van der Waals surface area contributed by atoms with Crippen molar-refractivity contribution in [1.29, 1.82) is 0 Å². The van der Waals surface area contributed by atoms with E-state index in [0.29, 0.717) is 0 Å². The Morgan fingerprint density at radius 2 is 2.05 bits per heavy atom. The number of benzene rings is 1. The summed E-state index contributed by atoms with van der Waals surface area (Å²) in [4.78, 5) is 14.6. The minimum Gasteiger partial charge on any atom is -0.478 e. The smallest absolute Gasteiger partial charge is 0.339 e. The number of anilines is 2. The third-order valence-corrected chi connectivity index (χ3v) is 2.60. The molecule has 1 aromatic heterocycles. The van der Waals surface area contributed by atoms with Crippen LogP contribution in [0.1, 0.15) is 15.9 Å². The van der Waals surface area contributed by atoms with Crippen LogP contribution in [0.5, 0.6) is 0 Å². The lowest BCUT2D eigenvalue weighted by Gasteiger charge is -2.12. The van der Waals surface area contributed by atoms with Gasteiger partial charge in [0.05, 0.1) is 5.69 Å². The van der Waals surface area contributed by atoms with Crippen LogP contribution in [0, 0.1) is 18.6 Å². The normalized spacial score (nSPS) is 10.3. The van der Waals surface area contributed by atoms with Crippen molar-refractivity contribution in [2.45, 2.75) is 6.92 Å². The lowest BCUT2D eigenvalue weighted by Crippen LogP contribution is -2.06. The highest BCUT2D eigenvalue weighted by Crippen LogP contribution is 2.27. The van der Waals surface area contributed by atoms with Crippen molar-refractivity contribution in [2.24, 2.45) is 0 Å². The molecular formula is C13H10F2N2O2. The highest BCUT2D eigenvalue weighted by atomic mass is 19.1. The Balaban J connectivity index is 2.48. The second-order valence-electron chi connectivity index (χ2n) is 3.90. The number of carboxylic acids is 1. The second-order valence-corrected chi connectivity index (χ2v) is 3.90. The molecule has 0 fully saturated rings. The van der Waals surface area contributed by atoms with Gasteiger partial charge in [-0.2, -0.15) is 0 Å². The maximum Gasteiger partial charge on any atom is 0.339 e. The lowest BCUT2D eigenvalue weighted by molar-refractivity contribution is 0.0697. The maximum atomic E-state index is 13.8. The van der Waals surface area contributed by atoms with Crippen molar-refractivity contribution in [3.63, 3.8) is 0 Å². The lowest BCUT2D eigenvalue weighted by atomic mass is 10.1. The molecule has 0 unspecified atom stereocenters. The largest absolute Gasteiger partial charge is 0.478 e. The number of hydrogen-bond donors (Lipinski definition) is 2. The molecule has 0 amide bonds. The second kappa shape index (κ2) is 5.01. The van der Waals surface area contributed by atoms with E-state index in [9.17, 15) is 13.6 Å². The van der Waals surface area contributed by atoms with Crippen molar-refractivity contribution < 1.29 is 18.7 Å². The predicted octanol–water partition coefficient (Wildman–Crippen LogP) is 3.11. The van der Waals surface area contributed by atoms with Crippen molar-refractivity contribution in [3.05, 3.63) is 53.4 Å². The summed E-state index contributed by atoms with van der Waals surface area (Å²) in [5.74, 6) is -2.78. The van der Waals surface area contributed by atoms with Crippen LogP contribution in [0.4, 0.5) is 20.2 Å². The van der Waals surface area contributed by atoms with Gasteiger partial charge in [0, 0.05) is 12.4 Å². The number of carboxylic acid groups (broad SMARTS) is 1. The van der Waals surface area contributed by atoms with E-state index in [0.717, 1.165) is 12.3 Å². The van der Waals surface area contributed by atoms with Gasteiger partial charge in [-0.1, -0.05) is 6.07 Å². The van der Waals surface area contributed by atoms with E-state index in [1.165, 1.54) is 25.3 Å². The number of halogens is 2. The van der Waals surface area contributed by atoms with Gasteiger partial charge in [-0.15, -0.1) is 0 Å². The molecule has 1 aromatic carbocycles. The van der Waals surface area contributed by atoms with Crippen molar-refractivity contribution >= 4 is 17.3 Å². The van der Waals surface area contributed by atoms with Crippen molar-refractivity contribution in [2.75, 3.05) is 5.32 Å². The zero-order valence-electron chi connectivity index (χ0n) is 9.95. The average Bonchev–Trinajstić information content (AvgIpc) is 2.39.